The number of rotatable bonds is 5. The van der Waals surface area contributed by atoms with E-state index in [2.05, 4.69) is 123 Å². The predicted octanol–water partition coefficient (Wildman–Crippen LogP) is 2.90. The molecule has 3 heteroatoms. The molecule has 0 N–H and O–H groups in total. The molecular weight excluding hydrogens is 475 g/mol. The second-order valence-electron chi connectivity index (χ2n) is 8.92. The van der Waals surface area contributed by atoms with E-state index in [1.165, 1.54) is 27.0 Å². The Morgan fingerprint density at radius 3 is 1.59 bits per heavy atom. The second-order valence-corrected chi connectivity index (χ2v) is 12.4. The molecule has 0 spiro atoms. The van der Waals surface area contributed by atoms with Gasteiger partial charge < -0.3 is 21.7 Å². The number of ether oxygens (including phenoxy) is 1. The minimum absolute atomic E-state index is 0. The SMILES string of the molecule is CC1(C)Cc2cccc(C[P+](c3ccccc3)(c3ccccc3)c3ccccc3)c2O1.[Br-]. The summed E-state index contributed by atoms with van der Waals surface area (Å²) in [5, 5.41) is 4.21. The molecular formula is C29H28BrOP. The van der Waals surface area contributed by atoms with E-state index in [1.54, 1.807) is 0 Å². The number of benzene rings is 4. The van der Waals surface area contributed by atoms with Crippen LogP contribution in [0.5, 0.6) is 5.75 Å². The summed E-state index contributed by atoms with van der Waals surface area (Å²) in [7, 11) is -1.93. The van der Waals surface area contributed by atoms with Gasteiger partial charge in [-0.1, -0.05) is 72.8 Å². The van der Waals surface area contributed by atoms with Crippen molar-refractivity contribution in [3.63, 3.8) is 0 Å². The van der Waals surface area contributed by atoms with E-state index in [0.29, 0.717) is 0 Å². The van der Waals surface area contributed by atoms with Gasteiger partial charge in [-0.3, -0.25) is 0 Å². The molecule has 0 amide bonds. The van der Waals surface area contributed by atoms with E-state index in [4.69, 9.17) is 4.74 Å². The molecule has 4 aromatic rings. The highest BCUT2D eigenvalue weighted by Crippen LogP contribution is 2.59. The van der Waals surface area contributed by atoms with Crippen LogP contribution in [-0.4, -0.2) is 5.60 Å². The van der Waals surface area contributed by atoms with E-state index in [-0.39, 0.29) is 22.6 Å². The predicted molar refractivity (Wildman–Crippen MR) is 134 cm³/mol. The molecule has 32 heavy (non-hydrogen) atoms. The first-order chi connectivity index (χ1) is 15.1. The fourth-order valence-electron chi connectivity index (χ4n) is 4.83. The summed E-state index contributed by atoms with van der Waals surface area (Å²) in [6.45, 7) is 4.37. The Morgan fingerprint density at radius 1 is 0.656 bits per heavy atom. The summed E-state index contributed by atoms with van der Waals surface area (Å²) in [6, 6.07) is 39.9. The highest BCUT2D eigenvalue weighted by Gasteiger charge is 2.46. The van der Waals surface area contributed by atoms with Crippen molar-refractivity contribution >= 4 is 23.2 Å². The number of hydrogen-bond acceptors (Lipinski definition) is 1. The third-order valence-electron chi connectivity index (χ3n) is 6.17. The zero-order valence-electron chi connectivity index (χ0n) is 18.5. The maximum Gasteiger partial charge on any atom is 0.130 e. The maximum absolute atomic E-state index is 6.50. The van der Waals surface area contributed by atoms with Crippen molar-refractivity contribution in [1.82, 2.24) is 0 Å². The average molecular weight is 503 g/mol. The Bertz CT molecular complexity index is 1080. The standard InChI is InChI=1S/C29H28OP.BrH/c1-29(2)21-23-13-12-14-24(28(23)30-29)22-31(25-15-6-3-7-16-25,26-17-8-4-9-18-26)27-19-10-5-11-20-27;/h3-20H,21-22H2,1-2H3;1H/q+1;/p-1. The van der Waals surface area contributed by atoms with Gasteiger partial charge in [-0.05, 0) is 55.8 Å². The van der Waals surface area contributed by atoms with Crippen molar-refractivity contribution in [2.45, 2.75) is 32.0 Å². The lowest BCUT2D eigenvalue weighted by Crippen LogP contribution is -3.00. The Kier molecular flexibility index (Phi) is 6.56. The monoisotopic (exact) mass is 502 g/mol. The van der Waals surface area contributed by atoms with Crippen molar-refractivity contribution in [3.8, 4) is 5.75 Å². The minimum Gasteiger partial charge on any atom is -1.00 e. The number of halogens is 1. The minimum atomic E-state index is -1.93. The van der Waals surface area contributed by atoms with Crippen LogP contribution in [-0.2, 0) is 12.6 Å². The van der Waals surface area contributed by atoms with E-state index in [1.807, 2.05) is 0 Å². The Hall–Kier alpha value is -2.41. The first-order valence-electron chi connectivity index (χ1n) is 10.9. The van der Waals surface area contributed by atoms with Gasteiger partial charge in [-0.15, -0.1) is 0 Å². The van der Waals surface area contributed by atoms with Crippen LogP contribution in [0.1, 0.15) is 25.0 Å². The Morgan fingerprint density at radius 2 is 1.12 bits per heavy atom. The van der Waals surface area contributed by atoms with Gasteiger partial charge in [0.05, 0.1) is 0 Å². The quantitative estimate of drug-likeness (QED) is 0.381. The van der Waals surface area contributed by atoms with Crippen LogP contribution in [0.2, 0.25) is 0 Å². The summed E-state index contributed by atoms with van der Waals surface area (Å²) in [4.78, 5) is 0. The summed E-state index contributed by atoms with van der Waals surface area (Å²) >= 11 is 0. The Balaban J connectivity index is 0.00000245. The molecule has 0 aliphatic carbocycles. The number of fused-ring (bicyclic) bond motifs is 1. The molecule has 0 unspecified atom stereocenters. The molecule has 162 valence electrons. The normalized spacial score (nSPS) is 14.2. The lowest BCUT2D eigenvalue weighted by atomic mass is 10.0. The lowest BCUT2D eigenvalue weighted by Gasteiger charge is -2.28. The molecule has 0 aromatic heterocycles. The summed E-state index contributed by atoms with van der Waals surface area (Å²) in [5.74, 6) is 1.10. The second kappa shape index (κ2) is 9.22. The molecule has 0 bridgehead atoms. The van der Waals surface area contributed by atoms with E-state index in [0.717, 1.165) is 18.3 Å². The van der Waals surface area contributed by atoms with Gasteiger partial charge in [0.1, 0.15) is 40.7 Å². The number of hydrogen-bond donors (Lipinski definition) is 0. The van der Waals surface area contributed by atoms with Crippen LogP contribution < -0.4 is 37.6 Å². The van der Waals surface area contributed by atoms with Gasteiger partial charge in [0.15, 0.2) is 0 Å². The fraction of sp³-hybridized carbons (Fsp3) is 0.172. The van der Waals surface area contributed by atoms with E-state index >= 15 is 0 Å². The van der Waals surface area contributed by atoms with Crippen molar-refractivity contribution < 1.29 is 21.7 Å². The van der Waals surface area contributed by atoms with Crippen molar-refractivity contribution in [1.29, 1.82) is 0 Å². The molecule has 1 aliphatic rings. The molecule has 1 heterocycles. The van der Waals surface area contributed by atoms with Gasteiger partial charge in [-0.25, -0.2) is 0 Å². The van der Waals surface area contributed by atoms with Gasteiger partial charge in [0.25, 0.3) is 0 Å². The van der Waals surface area contributed by atoms with Crippen LogP contribution >= 0.6 is 7.26 Å². The summed E-state index contributed by atoms with van der Waals surface area (Å²) in [5.41, 5.74) is 2.49. The first kappa shape index (κ1) is 22.8. The third-order valence-corrected chi connectivity index (χ3v) is 10.5. The average Bonchev–Trinajstić information content (AvgIpc) is 3.14. The first-order valence-corrected chi connectivity index (χ1v) is 12.9. The molecule has 4 aromatic carbocycles. The fourth-order valence-corrected chi connectivity index (χ4v) is 9.07. The Labute approximate surface area is 202 Å². The third kappa shape index (κ3) is 4.15. The summed E-state index contributed by atoms with van der Waals surface area (Å²) < 4.78 is 6.50. The summed E-state index contributed by atoms with van der Waals surface area (Å²) in [6.07, 6.45) is 1.91. The van der Waals surface area contributed by atoms with Crippen LogP contribution in [0, 0.1) is 0 Å². The molecule has 1 nitrogen and oxygen atoms in total. The number of para-hydroxylation sites is 1. The van der Waals surface area contributed by atoms with Crippen molar-refractivity contribution in [3.05, 3.63) is 120 Å². The highest BCUT2D eigenvalue weighted by atomic mass is 79.9. The largest absolute Gasteiger partial charge is 1.00 e. The van der Waals surface area contributed by atoms with Gasteiger partial charge in [0, 0.05) is 12.0 Å². The lowest BCUT2D eigenvalue weighted by molar-refractivity contribution is -0.00000915. The van der Waals surface area contributed by atoms with Gasteiger partial charge in [-0.2, -0.15) is 0 Å². The molecule has 0 atom stereocenters. The molecule has 0 saturated carbocycles. The maximum atomic E-state index is 6.50. The van der Waals surface area contributed by atoms with Crippen molar-refractivity contribution in [2.24, 2.45) is 0 Å². The van der Waals surface area contributed by atoms with Crippen LogP contribution in [0.15, 0.2) is 109 Å². The van der Waals surface area contributed by atoms with Crippen LogP contribution in [0.3, 0.4) is 0 Å². The zero-order valence-corrected chi connectivity index (χ0v) is 21.0. The van der Waals surface area contributed by atoms with Gasteiger partial charge in [0.2, 0.25) is 0 Å². The van der Waals surface area contributed by atoms with Crippen LogP contribution in [0.25, 0.3) is 0 Å². The van der Waals surface area contributed by atoms with Crippen molar-refractivity contribution in [2.75, 3.05) is 0 Å². The topological polar surface area (TPSA) is 9.23 Å². The smallest absolute Gasteiger partial charge is 0.130 e. The molecule has 1 aliphatic heterocycles. The van der Waals surface area contributed by atoms with E-state index in [9.17, 15) is 0 Å². The highest BCUT2D eigenvalue weighted by molar-refractivity contribution is 7.95. The van der Waals surface area contributed by atoms with E-state index < -0.39 is 7.26 Å². The molecule has 0 saturated heterocycles. The van der Waals surface area contributed by atoms with Gasteiger partial charge >= 0.3 is 0 Å². The molecule has 5 rings (SSSR count). The molecule has 0 fully saturated rings. The zero-order chi connectivity index (χ0) is 21.3. The van der Waals surface area contributed by atoms with Crippen LogP contribution in [0.4, 0.5) is 0 Å². The molecule has 0 radical (unpaired) electrons.